The van der Waals surface area contributed by atoms with Crippen LogP contribution in [0.25, 0.3) is 11.1 Å². The van der Waals surface area contributed by atoms with Crippen LogP contribution < -0.4 is 10.5 Å². The van der Waals surface area contributed by atoms with E-state index >= 15 is 0 Å². The van der Waals surface area contributed by atoms with Crippen LogP contribution in [0, 0.1) is 0 Å². The normalized spacial score (nSPS) is 16.1. The first-order chi connectivity index (χ1) is 15.2. The minimum atomic E-state index is -0.000926. The maximum atomic E-state index is 13.8. The Bertz CT molecular complexity index is 1130. The molecule has 0 atom stereocenters. The number of benzene rings is 2. The number of rotatable bonds is 3. The second-order valence-electron chi connectivity index (χ2n) is 8.31. The molecule has 0 spiro atoms. The molecule has 5 nitrogen and oxygen atoms in total. The highest BCUT2D eigenvalue weighted by molar-refractivity contribution is 6.02. The molecule has 2 aromatic carbocycles. The van der Waals surface area contributed by atoms with Crippen LogP contribution in [-0.2, 0) is 13.0 Å². The van der Waals surface area contributed by atoms with Gasteiger partial charge >= 0.3 is 0 Å². The Hall–Kier alpha value is -3.34. The van der Waals surface area contributed by atoms with Crippen molar-refractivity contribution in [1.29, 1.82) is 0 Å². The molecule has 1 saturated heterocycles. The highest BCUT2D eigenvalue weighted by atomic mass is 16.2. The Morgan fingerprint density at radius 3 is 2.16 bits per heavy atom. The minimum Gasteiger partial charge on any atom is -0.368 e. The molecule has 3 aromatic rings. The number of pyridine rings is 1. The highest BCUT2D eigenvalue weighted by Gasteiger charge is 2.29. The molecule has 0 bridgehead atoms. The molecule has 2 aliphatic rings. The van der Waals surface area contributed by atoms with Crippen LogP contribution in [0.3, 0.4) is 0 Å². The SMILES string of the molecule is O=C(c1c(-c2ccccc2)cc(=O)n2c1CCCC2)N1CCN(c2ccccc2)CC1. The van der Waals surface area contributed by atoms with Gasteiger partial charge in [0.2, 0.25) is 0 Å². The second kappa shape index (κ2) is 8.42. The molecule has 0 radical (unpaired) electrons. The second-order valence-corrected chi connectivity index (χ2v) is 8.31. The number of amides is 1. The van der Waals surface area contributed by atoms with Crippen molar-refractivity contribution in [1.82, 2.24) is 9.47 Å². The standard InChI is InChI=1S/C26H27N3O2/c30-24-19-22(20-9-3-1-4-10-20)25(23-13-7-8-14-29(23)24)26(31)28-17-15-27(16-18-28)21-11-5-2-6-12-21/h1-6,9-12,19H,7-8,13-18H2. The van der Waals surface area contributed by atoms with Crippen LogP contribution in [0.2, 0.25) is 0 Å². The third-order valence-corrected chi connectivity index (χ3v) is 6.45. The van der Waals surface area contributed by atoms with E-state index in [1.807, 2.05) is 58.0 Å². The number of nitrogens with zero attached hydrogens (tertiary/aromatic N) is 3. The molecule has 5 rings (SSSR count). The van der Waals surface area contributed by atoms with Gasteiger partial charge in [-0.1, -0.05) is 48.5 Å². The van der Waals surface area contributed by atoms with E-state index < -0.39 is 0 Å². The molecule has 31 heavy (non-hydrogen) atoms. The molecule has 0 saturated carbocycles. The van der Waals surface area contributed by atoms with Crippen LogP contribution in [0.1, 0.15) is 28.9 Å². The number of carbonyl (C=O) groups excluding carboxylic acids is 1. The van der Waals surface area contributed by atoms with Gasteiger partial charge in [0.15, 0.2) is 0 Å². The zero-order valence-corrected chi connectivity index (χ0v) is 17.7. The summed E-state index contributed by atoms with van der Waals surface area (Å²) in [5, 5.41) is 0. The van der Waals surface area contributed by atoms with Gasteiger partial charge < -0.3 is 14.4 Å². The van der Waals surface area contributed by atoms with Crippen LogP contribution in [0.5, 0.6) is 0 Å². The van der Waals surface area contributed by atoms with Crippen LogP contribution in [0.15, 0.2) is 71.5 Å². The monoisotopic (exact) mass is 413 g/mol. The smallest absolute Gasteiger partial charge is 0.256 e. The topological polar surface area (TPSA) is 45.6 Å². The van der Waals surface area contributed by atoms with Crippen molar-refractivity contribution in [2.75, 3.05) is 31.1 Å². The lowest BCUT2D eigenvalue weighted by Crippen LogP contribution is -2.49. The summed E-state index contributed by atoms with van der Waals surface area (Å²) in [7, 11) is 0. The lowest BCUT2D eigenvalue weighted by Gasteiger charge is -2.37. The maximum Gasteiger partial charge on any atom is 0.256 e. The summed E-state index contributed by atoms with van der Waals surface area (Å²) in [4.78, 5) is 30.9. The van der Waals surface area contributed by atoms with Gasteiger partial charge in [0.25, 0.3) is 11.5 Å². The van der Waals surface area contributed by atoms with E-state index in [4.69, 9.17) is 0 Å². The van der Waals surface area contributed by atoms with Crippen molar-refractivity contribution in [2.45, 2.75) is 25.8 Å². The van der Waals surface area contributed by atoms with Crippen LogP contribution in [0.4, 0.5) is 5.69 Å². The fourth-order valence-electron chi connectivity index (χ4n) is 4.81. The first-order valence-electron chi connectivity index (χ1n) is 11.1. The third-order valence-electron chi connectivity index (χ3n) is 6.45. The molecule has 3 heterocycles. The van der Waals surface area contributed by atoms with E-state index in [0.29, 0.717) is 19.6 Å². The summed E-state index contributed by atoms with van der Waals surface area (Å²) in [6.07, 6.45) is 2.78. The number of para-hydroxylation sites is 1. The van der Waals surface area contributed by atoms with E-state index in [1.54, 1.807) is 6.07 Å². The van der Waals surface area contributed by atoms with E-state index in [-0.39, 0.29) is 11.5 Å². The van der Waals surface area contributed by atoms with Crippen LogP contribution >= 0.6 is 0 Å². The number of aromatic nitrogens is 1. The van der Waals surface area contributed by atoms with Crippen LogP contribution in [-0.4, -0.2) is 41.6 Å². The van der Waals surface area contributed by atoms with Gasteiger partial charge in [-0.3, -0.25) is 9.59 Å². The minimum absolute atomic E-state index is 0.000926. The maximum absolute atomic E-state index is 13.8. The van der Waals surface area contributed by atoms with Gasteiger partial charge in [0.1, 0.15) is 0 Å². The number of piperazine rings is 1. The predicted octanol–water partition coefficient (Wildman–Crippen LogP) is 3.81. The average Bonchev–Trinajstić information content (AvgIpc) is 2.85. The molecule has 1 amide bonds. The molecule has 0 unspecified atom stereocenters. The molecule has 5 heteroatoms. The zero-order valence-electron chi connectivity index (χ0n) is 17.7. The summed E-state index contributed by atoms with van der Waals surface area (Å²) in [6.45, 7) is 3.68. The van der Waals surface area contributed by atoms with Crippen molar-refractivity contribution >= 4 is 11.6 Å². The predicted molar refractivity (Wildman–Crippen MR) is 124 cm³/mol. The Morgan fingerprint density at radius 1 is 0.774 bits per heavy atom. The third kappa shape index (κ3) is 3.76. The molecule has 2 aliphatic heterocycles. The quantitative estimate of drug-likeness (QED) is 0.656. The number of carbonyl (C=O) groups is 1. The molecule has 158 valence electrons. The summed E-state index contributed by atoms with van der Waals surface area (Å²) in [5.41, 5.74) is 4.53. The first-order valence-corrected chi connectivity index (χ1v) is 11.1. The first kappa shape index (κ1) is 19.6. The van der Waals surface area contributed by atoms with E-state index in [9.17, 15) is 9.59 Å². The summed E-state index contributed by atoms with van der Waals surface area (Å²) < 4.78 is 1.82. The highest BCUT2D eigenvalue weighted by Crippen LogP contribution is 2.29. The lowest BCUT2D eigenvalue weighted by atomic mass is 9.93. The van der Waals surface area contributed by atoms with Gasteiger partial charge in [-0.25, -0.2) is 0 Å². The van der Waals surface area contributed by atoms with Gasteiger partial charge in [0.05, 0.1) is 5.56 Å². The van der Waals surface area contributed by atoms with E-state index in [2.05, 4.69) is 17.0 Å². The summed E-state index contributed by atoms with van der Waals surface area (Å²) >= 11 is 0. The molecule has 0 N–H and O–H groups in total. The zero-order chi connectivity index (χ0) is 21.2. The van der Waals surface area contributed by atoms with E-state index in [1.165, 1.54) is 5.69 Å². The van der Waals surface area contributed by atoms with E-state index in [0.717, 1.165) is 54.7 Å². The van der Waals surface area contributed by atoms with Gasteiger partial charge in [0, 0.05) is 55.7 Å². The Morgan fingerprint density at radius 2 is 1.45 bits per heavy atom. The molecule has 0 aliphatic carbocycles. The number of hydrogen-bond donors (Lipinski definition) is 0. The Labute approximate surface area is 182 Å². The molecule has 1 fully saturated rings. The Kier molecular flexibility index (Phi) is 5.33. The molecular weight excluding hydrogens is 386 g/mol. The van der Waals surface area contributed by atoms with Crippen molar-refractivity contribution in [3.8, 4) is 11.1 Å². The molecular formula is C26H27N3O2. The largest absolute Gasteiger partial charge is 0.368 e. The fraction of sp³-hybridized carbons (Fsp3) is 0.308. The Balaban J connectivity index is 1.49. The fourth-order valence-corrected chi connectivity index (χ4v) is 4.81. The van der Waals surface area contributed by atoms with Crippen molar-refractivity contribution < 1.29 is 4.79 Å². The number of fused-ring (bicyclic) bond motifs is 1. The van der Waals surface area contributed by atoms with Crippen molar-refractivity contribution in [2.24, 2.45) is 0 Å². The number of anilines is 1. The average molecular weight is 414 g/mol. The van der Waals surface area contributed by atoms with Gasteiger partial charge in [-0.15, -0.1) is 0 Å². The summed E-state index contributed by atoms with van der Waals surface area (Å²) in [6, 6.07) is 21.9. The van der Waals surface area contributed by atoms with Gasteiger partial charge in [-0.05, 0) is 37.0 Å². The van der Waals surface area contributed by atoms with Gasteiger partial charge in [-0.2, -0.15) is 0 Å². The van der Waals surface area contributed by atoms with Crippen molar-refractivity contribution in [3.05, 3.63) is 88.3 Å². The van der Waals surface area contributed by atoms with Crippen molar-refractivity contribution in [3.63, 3.8) is 0 Å². The number of hydrogen-bond acceptors (Lipinski definition) is 3. The summed E-state index contributed by atoms with van der Waals surface area (Å²) in [5.74, 6) is 0.0530. The lowest BCUT2D eigenvalue weighted by molar-refractivity contribution is 0.0744. The molecule has 1 aromatic heterocycles.